The number of benzene rings is 1. The third-order valence-electron chi connectivity index (χ3n) is 3.89. The Hall–Kier alpha value is -1.80. The molecule has 1 N–H and O–H groups in total. The molecule has 1 fully saturated rings. The maximum absolute atomic E-state index is 12.6. The van der Waals surface area contributed by atoms with Gasteiger partial charge in [0.1, 0.15) is 5.75 Å². The number of β-amino-alcohol motifs (C(OH)–C–C–N with tert-alkyl or cyclic N) is 1. The van der Waals surface area contributed by atoms with Gasteiger partial charge in [-0.2, -0.15) is 13.2 Å². The number of aliphatic hydroxyl groups is 1. The molecule has 1 aliphatic rings. The summed E-state index contributed by atoms with van der Waals surface area (Å²) in [5.41, 5.74) is 0.447. The van der Waals surface area contributed by atoms with E-state index in [1.54, 1.807) is 29.2 Å². The predicted molar refractivity (Wildman–Crippen MR) is 82.0 cm³/mol. The molecule has 1 aromatic rings. The number of ether oxygens (including phenoxy) is 1. The molecule has 0 spiro atoms. The molecule has 1 saturated heterocycles. The summed E-state index contributed by atoms with van der Waals surface area (Å²) in [7, 11) is 0. The largest absolute Gasteiger partial charge is 0.493 e. The third kappa shape index (κ3) is 4.61. The minimum Gasteiger partial charge on any atom is -0.493 e. The molecule has 1 amide bonds. The van der Waals surface area contributed by atoms with Gasteiger partial charge in [-0.1, -0.05) is 12.1 Å². The first-order valence-corrected chi connectivity index (χ1v) is 7.81. The van der Waals surface area contributed by atoms with Gasteiger partial charge < -0.3 is 14.7 Å². The zero-order valence-electron chi connectivity index (χ0n) is 13.4. The maximum Gasteiger partial charge on any atom is 0.415 e. The molecule has 0 bridgehead atoms. The van der Waals surface area contributed by atoms with Crippen LogP contribution in [0, 0.1) is 0 Å². The SMILES string of the molecule is CCOc1ccccc1C(=O)N1CCN(C[C@@H](O)C(F)(F)F)CC1. The molecule has 0 unspecified atom stereocenters. The molecule has 1 aromatic carbocycles. The van der Waals surface area contributed by atoms with E-state index < -0.39 is 18.8 Å². The van der Waals surface area contributed by atoms with E-state index in [-0.39, 0.29) is 19.0 Å². The topological polar surface area (TPSA) is 53.0 Å². The average Bonchev–Trinajstić information content (AvgIpc) is 2.55. The molecule has 2 rings (SSSR count). The van der Waals surface area contributed by atoms with Crippen molar-refractivity contribution in [3.05, 3.63) is 29.8 Å². The van der Waals surface area contributed by atoms with Gasteiger partial charge in [-0.3, -0.25) is 9.69 Å². The van der Waals surface area contributed by atoms with Crippen molar-refractivity contribution in [2.45, 2.75) is 19.2 Å². The van der Waals surface area contributed by atoms with E-state index in [1.165, 1.54) is 4.90 Å². The lowest BCUT2D eigenvalue weighted by Crippen LogP contribution is -2.52. The molecule has 24 heavy (non-hydrogen) atoms. The summed E-state index contributed by atoms with van der Waals surface area (Å²) in [5.74, 6) is 0.301. The summed E-state index contributed by atoms with van der Waals surface area (Å²) in [5, 5.41) is 9.12. The van der Waals surface area contributed by atoms with E-state index in [1.807, 2.05) is 6.92 Å². The highest BCUT2D eigenvalue weighted by Crippen LogP contribution is 2.23. The van der Waals surface area contributed by atoms with Gasteiger partial charge in [-0.05, 0) is 19.1 Å². The number of carbonyl (C=O) groups is 1. The number of amides is 1. The number of piperazine rings is 1. The lowest BCUT2D eigenvalue weighted by molar-refractivity contribution is -0.208. The summed E-state index contributed by atoms with van der Waals surface area (Å²) in [4.78, 5) is 15.7. The fourth-order valence-corrected chi connectivity index (χ4v) is 2.58. The van der Waals surface area contributed by atoms with E-state index in [0.717, 1.165) is 0 Å². The molecule has 0 aromatic heterocycles. The van der Waals surface area contributed by atoms with Crippen LogP contribution in [0.1, 0.15) is 17.3 Å². The summed E-state index contributed by atoms with van der Waals surface area (Å²) in [6, 6.07) is 6.91. The Labute approximate surface area is 138 Å². The number of hydrogen-bond donors (Lipinski definition) is 1. The molecule has 134 valence electrons. The van der Waals surface area contributed by atoms with Crippen LogP contribution in [0.3, 0.4) is 0 Å². The Kier molecular flexibility index (Phi) is 6.06. The Morgan fingerprint density at radius 3 is 2.46 bits per heavy atom. The molecular formula is C16H21F3N2O3. The average molecular weight is 346 g/mol. The zero-order valence-corrected chi connectivity index (χ0v) is 13.4. The molecule has 5 nitrogen and oxygen atoms in total. The number of aliphatic hydroxyl groups excluding tert-OH is 1. The molecular weight excluding hydrogens is 325 g/mol. The lowest BCUT2D eigenvalue weighted by atomic mass is 10.1. The first-order chi connectivity index (χ1) is 11.3. The normalized spacial score (nSPS) is 17.6. The van der Waals surface area contributed by atoms with Crippen LogP contribution in [0.15, 0.2) is 24.3 Å². The summed E-state index contributed by atoms with van der Waals surface area (Å²) < 4.78 is 42.6. The molecule has 0 radical (unpaired) electrons. The Morgan fingerprint density at radius 1 is 1.25 bits per heavy atom. The standard InChI is InChI=1S/C16H21F3N2O3/c1-2-24-13-6-4-3-5-12(13)15(23)21-9-7-20(8-10-21)11-14(22)16(17,18)19/h3-6,14,22H,2,7-11H2,1H3/t14-/m1/s1. The van der Waals surface area contributed by atoms with E-state index in [2.05, 4.69) is 0 Å². The van der Waals surface area contributed by atoms with Crippen molar-refractivity contribution in [3.63, 3.8) is 0 Å². The van der Waals surface area contributed by atoms with Crippen LogP contribution in [0.5, 0.6) is 5.75 Å². The number of carbonyl (C=O) groups excluding carboxylic acids is 1. The van der Waals surface area contributed by atoms with Crippen LogP contribution < -0.4 is 4.74 Å². The van der Waals surface area contributed by atoms with E-state index >= 15 is 0 Å². The van der Waals surface area contributed by atoms with Gasteiger partial charge in [0.15, 0.2) is 6.10 Å². The Morgan fingerprint density at radius 2 is 1.88 bits per heavy atom. The van der Waals surface area contributed by atoms with Crippen LogP contribution >= 0.6 is 0 Å². The number of para-hydroxylation sites is 1. The van der Waals surface area contributed by atoms with Crippen LogP contribution in [0.4, 0.5) is 13.2 Å². The van der Waals surface area contributed by atoms with Gasteiger partial charge in [-0.25, -0.2) is 0 Å². The second-order valence-corrected chi connectivity index (χ2v) is 5.58. The molecule has 1 aliphatic heterocycles. The fourth-order valence-electron chi connectivity index (χ4n) is 2.58. The van der Waals surface area contributed by atoms with Gasteiger partial charge in [0.25, 0.3) is 5.91 Å². The molecule has 8 heteroatoms. The number of hydrogen-bond acceptors (Lipinski definition) is 4. The fraction of sp³-hybridized carbons (Fsp3) is 0.562. The number of alkyl halides is 3. The number of halogens is 3. The summed E-state index contributed by atoms with van der Waals surface area (Å²) in [6.45, 7) is 2.99. The Bertz CT molecular complexity index is 558. The smallest absolute Gasteiger partial charge is 0.415 e. The zero-order chi connectivity index (χ0) is 17.7. The number of rotatable bonds is 5. The quantitative estimate of drug-likeness (QED) is 0.883. The first kappa shape index (κ1) is 18.5. The van der Waals surface area contributed by atoms with Gasteiger partial charge in [0.2, 0.25) is 0 Å². The predicted octanol–water partition coefficient (Wildman–Crippen LogP) is 1.77. The molecule has 1 heterocycles. The van der Waals surface area contributed by atoms with Crippen molar-refractivity contribution in [2.24, 2.45) is 0 Å². The summed E-state index contributed by atoms with van der Waals surface area (Å²) >= 11 is 0. The Balaban J connectivity index is 1.94. The van der Waals surface area contributed by atoms with Gasteiger partial charge in [0, 0.05) is 32.7 Å². The minimum absolute atomic E-state index is 0.199. The second-order valence-electron chi connectivity index (χ2n) is 5.58. The van der Waals surface area contributed by atoms with Gasteiger partial charge in [-0.15, -0.1) is 0 Å². The highest BCUT2D eigenvalue weighted by Gasteiger charge is 2.39. The van der Waals surface area contributed by atoms with Crippen molar-refractivity contribution < 1.29 is 27.8 Å². The monoisotopic (exact) mass is 346 g/mol. The van der Waals surface area contributed by atoms with E-state index in [0.29, 0.717) is 31.0 Å². The van der Waals surface area contributed by atoms with Crippen LogP contribution in [-0.4, -0.2) is 72.4 Å². The van der Waals surface area contributed by atoms with Crippen LogP contribution in [-0.2, 0) is 0 Å². The second kappa shape index (κ2) is 7.85. The highest BCUT2D eigenvalue weighted by atomic mass is 19.4. The minimum atomic E-state index is -4.62. The van der Waals surface area contributed by atoms with Gasteiger partial charge in [0.05, 0.1) is 12.2 Å². The lowest BCUT2D eigenvalue weighted by Gasteiger charge is -2.36. The molecule has 0 aliphatic carbocycles. The highest BCUT2D eigenvalue weighted by molar-refractivity contribution is 5.97. The van der Waals surface area contributed by atoms with E-state index in [4.69, 9.17) is 9.84 Å². The van der Waals surface area contributed by atoms with Crippen molar-refractivity contribution in [1.82, 2.24) is 9.80 Å². The van der Waals surface area contributed by atoms with E-state index in [9.17, 15) is 18.0 Å². The van der Waals surface area contributed by atoms with Crippen LogP contribution in [0.25, 0.3) is 0 Å². The maximum atomic E-state index is 12.6. The molecule has 0 saturated carbocycles. The van der Waals surface area contributed by atoms with Crippen molar-refractivity contribution in [1.29, 1.82) is 0 Å². The summed E-state index contributed by atoms with van der Waals surface area (Å²) in [6.07, 6.45) is -6.98. The van der Waals surface area contributed by atoms with Crippen molar-refractivity contribution in [3.8, 4) is 5.75 Å². The third-order valence-corrected chi connectivity index (χ3v) is 3.89. The van der Waals surface area contributed by atoms with Crippen LogP contribution in [0.2, 0.25) is 0 Å². The number of nitrogens with zero attached hydrogens (tertiary/aromatic N) is 2. The first-order valence-electron chi connectivity index (χ1n) is 7.81. The molecule has 1 atom stereocenters. The van der Waals surface area contributed by atoms with Gasteiger partial charge >= 0.3 is 6.18 Å². The van der Waals surface area contributed by atoms with Crippen molar-refractivity contribution in [2.75, 3.05) is 39.3 Å². The van der Waals surface area contributed by atoms with Crippen molar-refractivity contribution >= 4 is 5.91 Å².